The molecule has 0 saturated carbocycles. The van der Waals surface area contributed by atoms with Crippen molar-refractivity contribution in [3.8, 4) is 0 Å². The van der Waals surface area contributed by atoms with E-state index in [1.807, 2.05) is 19.2 Å². The van der Waals surface area contributed by atoms with Crippen molar-refractivity contribution in [1.82, 2.24) is 10.2 Å². The molecule has 4 nitrogen and oxygen atoms in total. The minimum Gasteiger partial charge on any atom is -0.384 e. The Labute approximate surface area is 121 Å². The van der Waals surface area contributed by atoms with Gasteiger partial charge in [0.25, 0.3) is 0 Å². The molecule has 1 aliphatic rings. The molecule has 1 atom stereocenters. The number of carbonyl (C=O) groups is 1. The van der Waals surface area contributed by atoms with Crippen molar-refractivity contribution in [2.24, 2.45) is 5.92 Å². The van der Waals surface area contributed by atoms with Gasteiger partial charge in [-0.1, -0.05) is 18.2 Å². The normalized spacial score (nSPS) is 18.6. The van der Waals surface area contributed by atoms with E-state index in [2.05, 4.69) is 22.8 Å². The van der Waals surface area contributed by atoms with Crippen LogP contribution in [0.2, 0.25) is 0 Å². The molecule has 1 saturated heterocycles. The molecule has 0 aliphatic carbocycles. The largest absolute Gasteiger partial charge is 0.384 e. The number of amides is 1. The van der Waals surface area contributed by atoms with Crippen molar-refractivity contribution in [2.45, 2.75) is 26.3 Å². The van der Waals surface area contributed by atoms with Gasteiger partial charge in [0.1, 0.15) is 0 Å². The Balaban J connectivity index is 1.94. The summed E-state index contributed by atoms with van der Waals surface area (Å²) in [5.74, 6) is 0.790. The third-order valence-electron chi connectivity index (χ3n) is 3.94. The van der Waals surface area contributed by atoms with E-state index < -0.39 is 0 Å². The Bertz CT molecular complexity index is 441. The molecule has 1 aromatic carbocycles. The highest BCUT2D eigenvalue weighted by molar-refractivity contribution is 5.73. The second-order valence-electron chi connectivity index (χ2n) is 5.63. The minimum atomic E-state index is 0.0938. The van der Waals surface area contributed by atoms with Crippen molar-refractivity contribution in [3.05, 3.63) is 29.8 Å². The summed E-state index contributed by atoms with van der Waals surface area (Å²) < 4.78 is 0. The van der Waals surface area contributed by atoms with Crippen molar-refractivity contribution in [1.29, 1.82) is 0 Å². The number of nitrogens with one attached hydrogen (secondary N) is 2. The van der Waals surface area contributed by atoms with Crippen LogP contribution in [0.5, 0.6) is 0 Å². The molecule has 1 aliphatic heterocycles. The molecule has 1 heterocycles. The molecule has 2 rings (SSSR count). The van der Waals surface area contributed by atoms with Gasteiger partial charge in [0.15, 0.2) is 0 Å². The maximum Gasteiger partial charge on any atom is 0.219 e. The lowest BCUT2D eigenvalue weighted by Gasteiger charge is -2.24. The van der Waals surface area contributed by atoms with E-state index in [0.29, 0.717) is 12.5 Å². The summed E-state index contributed by atoms with van der Waals surface area (Å²) in [6, 6.07) is 8.25. The summed E-state index contributed by atoms with van der Waals surface area (Å²) in [7, 11) is 1.84. The Morgan fingerprint density at radius 1 is 1.45 bits per heavy atom. The lowest BCUT2D eigenvalue weighted by atomic mass is 9.99. The van der Waals surface area contributed by atoms with Crippen LogP contribution in [0.1, 0.15) is 25.3 Å². The predicted molar refractivity (Wildman–Crippen MR) is 82.7 cm³/mol. The van der Waals surface area contributed by atoms with Crippen LogP contribution in [0, 0.1) is 5.92 Å². The van der Waals surface area contributed by atoms with Crippen LogP contribution < -0.4 is 10.6 Å². The van der Waals surface area contributed by atoms with Gasteiger partial charge < -0.3 is 15.5 Å². The summed E-state index contributed by atoms with van der Waals surface area (Å²) in [6.07, 6.45) is 2.55. The Kier molecular flexibility index (Phi) is 5.41. The van der Waals surface area contributed by atoms with E-state index in [9.17, 15) is 4.79 Å². The molecule has 0 bridgehead atoms. The number of hydrogen-bond donors (Lipinski definition) is 2. The van der Waals surface area contributed by atoms with E-state index >= 15 is 0 Å². The molecule has 1 unspecified atom stereocenters. The fourth-order valence-electron chi connectivity index (χ4n) is 2.55. The molecule has 1 aromatic rings. The molecule has 20 heavy (non-hydrogen) atoms. The SMILES string of the molecule is CC(=O)N(C)Cc1ccccc1NCC1CCCNC1. The fourth-order valence-corrected chi connectivity index (χ4v) is 2.55. The number of anilines is 1. The summed E-state index contributed by atoms with van der Waals surface area (Å²) >= 11 is 0. The number of hydrogen-bond acceptors (Lipinski definition) is 3. The molecule has 0 spiro atoms. The van der Waals surface area contributed by atoms with Crippen molar-refractivity contribution in [2.75, 3.05) is 32.0 Å². The zero-order chi connectivity index (χ0) is 14.4. The van der Waals surface area contributed by atoms with Crippen LogP contribution in [0.25, 0.3) is 0 Å². The van der Waals surface area contributed by atoms with Crippen LogP contribution >= 0.6 is 0 Å². The number of rotatable bonds is 5. The van der Waals surface area contributed by atoms with E-state index in [1.54, 1.807) is 11.8 Å². The maximum atomic E-state index is 11.4. The zero-order valence-corrected chi connectivity index (χ0v) is 12.5. The third kappa shape index (κ3) is 4.23. The van der Waals surface area contributed by atoms with Gasteiger partial charge in [-0.05, 0) is 43.5 Å². The molecule has 1 amide bonds. The van der Waals surface area contributed by atoms with E-state index in [-0.39, 0.29) is 5.91 Å². The minimum absolute atomic E-state index is 0.0938. The molecule has 4 heteroatoms. The summed E-state index contributed by atoms with van der Waals surface area (Å²) in [6.45, 7) is 5.50. The van der Waals surface area contributed by atoms with Crippen molar-refractivity contribution in [3.63, 3.8) is 0 Å². The second-order valence-corrected chi connectivity index (χ2v) is 5.63. The van der Waals surface area contributed by atoms with E-state index in [1.165, 1.54) is 18.4 Å². The molecule has 110 valence electrons. The molecule has 2 N–H and O–H groups in total. The monoisotopic (exact) mass is 275 g/mol. The van der Waals surface area contributed by atoms with Gasteiger partial charge in [0, 0.05) is 32.7 Å². The number of nitrogens with zero attached hydrogens (tertiary/aromatic N) is 1. The number of para-hydroxylation sites is 1. The van der Waals surface area contributed by atoms with Gasteiger partial charge in [-0.25, -0.2) is 0 Å². The fraction of sp³-hybridized carbons (Fsp3) is 0.562. The van der Waals surface area contributed by atoms with Crippen LogP contribution in [0.3, 0.4) is 0 Å². The zero-order valence-electron chi connectivity index (χ0n) is 12.5. The Morgan fingerprint density at radius 3 is 2.95 bits per heavy atom. The topological polar surface area (TPSA) is 44.4 Å². The molecule has 0 aromatic heterocycles. The highest BCUT2D eigenvalue weighted by atomic mass is 16.2. The number of carbonyl (C=O) groups excluding carboxylic acids is 1. The molecule has 1 fully saturated rings. The first-order chi connectivity index (χ1) is 9.66. The quantitative estimate of drug-likeness (QED) is 0.864. The van der Waals surface area contributed by atoms with E-state index in [4.69, 9.17) is 0 Å². The van der Waals surface area contributed by atoms with Gasteiger partial charge in [-0.3, -0.25) is 4.79 Å². The molecular weight excluding hydrogens is 250 g/mol. The molecule has 0 radical (unpaired) electrons. The highest BCUT2D eigenvalue weighted by Gasteiger charge is 2.13. The van der Waals surface area contributed by atoms with E-state index in [0.717, 1.165) is 25.3 Å². The summed E-state index contributed by atoms with van der Waals surface area (Å²) in [5, 5.41) is 6.99. The number of piperidine rings is 1. The lowest BCUT2D eigenvalue weighted by Crippen LogP contribution is -2.33. The third-order valence-corrected chi connectivity index (χ3v) is 3.94. The Hall–Kier alpha value is -1.55. The average Bonchev–Trinajstić information content (AvgIpc) is 2.47. The van der Waals surface area contributed by atoms with Crippen LogP contribution in [-0.2, 0) is 11.3 Å². The van der Waals surface area contributed by atoms with Gasteiger partial charge in [-0.15, -0.1) is 0 Å². The van der Waals surface area contributed by atoms with Gasteiger partial charge in [0.05, 0.1) is 0 Å². The first-order valence-corrected chi connectivity index (χ1v) is 7.41. The van der Waals surface area contributed by atoms with Crippen LogP contribution in [0.15, 0.2) is 24.3 Å². The first kappa shape index (κ1) is 14.9. The lowest BCUT2D eigenvalue weighted by molar-refractivity contribution is -0.128. The van der Waals surface area contributed by atoms with Gasteiger partial charge in [-0.2, -0.15) is 0 Å². The maximum absolute atomic E-state index is 11.4. The van der Waals surface area contributed by atoms with Gasteiger partial charge >= 0.3 is 0 Å². The van der Waals surface area contributed by atoms with Crippen molar-refractivity contribution < 1.29 is 4.79 Å². The molecular formula is C16H25N3O. The standard InChI is InChI=1S/C16H25N3O/c1-13(20)19(2)12-15-7-3-4-8-16(15)18-11-14-6-5-9-17-10-14/h3-4,7-8,14,17-18H,5-6,9-12H2,1-2H3. The summed E-state index contributed by atoms with van der Waals surface area (Å²) in [5.41, 5.74) is 2.32. The van der Waals surface area contributed by atoms with Gasteiger partial charge in [0.2, 0.25) is 5.91 Å². The van der Waals surface area contributed by atoms with Crippen LogP contribution in [-0.4, -0.2) is 37.5 Å². The Morgan fingerprint density at radius 2 is 2.25 bits per heavy atom. The average molecular weight is 275 g/mol. The van der Waals surface area contributed by atoms with Crippen molar-refractivity contribution >= 4 is 11.6 Å². The summed E-state index contributed by atoms with van der Waals surface area (Å²) in [4.78, 5) is 13.1. The predicted octanol–water partition coefficient (Wildman–Crippen LogP) is 2.08. The smallest absolute Gasteiger partial charge is 0.219 e. The highest BCUT2D eigenvalue weighted by Crippen LogP contribution is 2.18. The number of benzene rings is 1. The van der Waals surface area contributed by atoms with Crippen LogP contribution in [0.4, 0.5) is 5.69 Å². The second kappa shape index (κ2) is 7.29. The first-order valence-electron chi connectivity index (χ1n) is 7.41.